The Balaban J connectivity index is 1.57. The first-order valence-electron chi connectivity index (χ1n) is 8.00. The molecular weight excluding hydrogens is 389 g/mol. The van der Waals surface area contributed by atoms with Gasteiger partial charge in [-0.1, -0.05) is 53.5 Å². The minimum atomic E-state index is -0.144. The van der Waals surface area contributed by atoms with Crippen LogP contribution < -0.4 is 10.6 Å². The number of hydrogen-bond acceptors (Lipinski definition) is 4. The van der Waals surface area contributed by atoms with Gasteiger partial charge in [0.05, 0.1) is 16.6 Å². The van der Waals surface area contributed by atoms with E-state index >= 15 is 0 Å². The summed E-state index contributed by atoms with van der Waals surface area (Å²) in [6.07, 6.45) is 2.36. The molecule has 2 aromatic carbocycles. The van der Waals surface area contributed by atoms with E-state index in [1.54, 1.807) is 12.3 Å². The molecule has 1 amide bonds. The average Bonchev–Trinajstić information content (AvgIpc) is 3.05. The van der Waals surface area contributed by atoms with Crippen LogP contribution >= 0.6 is 34.5 Å². The number of anilines is 2. The lowest BCUT2D eigenvalue weighted by atomic mass is 10.1. The predicted molar refractivity (Wildman–Crippen MR) is 110 cm³/mol. The molecule has 0 bridgehead atoms. The minimum Gasteiger partial charge on any atom is -0.376 e. The third-order valence-electron chi connectivity index (χ3n) is 3.78. The van der Waals surface area contributed by atoms with Crippen molar-refractivity contribution >= 4 is 51.3 Å². The van der Waals surface area contributed by atoms with Crippen LogP contribution in [0.25, 0.3) is 0 Å². The number of halogens is 2. The molecule has 0 aliphatic heterocycles. The highest BCUT2D eigenvalue weighted by Crippen LogP contribution is 2.29. The predicted octanol–water partition coefficient (Wildman–Crippen LogP) is 5.40. The summed E-state index contributed by atoms with van der Waals surface area (Å²) in [4.78, 5) is 17.4. The van der Waals surface area contributed by atoms with Crippen molar-refractivity contribution in [1.29, 1.82) is 0 Å². The van der Waals surface area contributed by atoms with Crippen molar-refractivity contribution in [3.05, 3.63) is 74.7 Å². The fourth-order valence-electron chi connectivity index (χ4n) is 2.43. The molecule has 4 nitrogen and oxygen atoms in total. The quantitative estimate of drug-likeness (QED) is 0.576. The highest BCUT2D eigenvalue weighted by molar-refractivity contribution is 7.15. The van der Waals surface area contributed by atoms with E-state index in [1.807, 2.05) is 43.3 Å². The van der Waals surface area contributed by atoms with Gasteiger partial charge >= 0.3 is 0 Å². The number of aromatic nitrogens is 1. The largest absolute Gasteiger partial charge is 0.376 e. The number of hydrogen-bond donors (Lipinski definition) is 2. The third kappa shape index (κ3) is 4.75. The molecule has 3 aromatic rings. The molecule has 0 fully saturated rings. The minimum absolute atomic E-state index is 0.144. The maximum absolute atomic E-state index is 12.1. The molecule has 1 heterocycles. The summed E-state index contributed by atoms with van der Waals surface area (Å²) in [7, 11) is 0. The molecular formula is C19H17Cl2N3OS. The first-order chi connectivity index (χ1) is 12.5. The van der Waals surface area contributed by atoms with Gasteiger partial charge in [0.2, 0.25) is 5.91 Å². The van der Waals surface area contributed by atoms with E-state index in [0.717, 1.165) is 21.7 Å². The first kappa shape index (κ1) is 18.7. The number of benzene rings is 2. The summed E-state index contributed by atoms with van der Waals surface area (Å²) in [5.41, 5.74) is 2.97. The van der Waals surface area contributed by atoms with Crippen LogP contribution in [0.3, 0.4) is 0 Å². The number of nitrogens with one attached hydrogen (secondary N) is 2. The zero-order chi connectivity index (χ0) is 18.5. The molecule has 0 spiro atoms. The molecule has 0 aliphatic carbocycles. The van der Waals surface area contributed by atoms with E-state index in [2.05, 4.69) is 15.6 Å². The van der Waals surface area contributed by atoms with Gasteiger partial charge in [-0.2, -0.15) is 0 Å². The molecule has 0 saturated heterocycles. The topological polar surface area (TPSA) is 54.0 Å². The Morgan fingerprint density at radius 3 is 2.77 bits per heavy atom. The van der Waals surface area contributed by atoms with Crippen LogP contribution in [0.1, 0.15) is 16.0 Å². The second-order valence-electron chi connectivity index (χ2n) is 5.74. The van der Waals surface area contributed by atoms with Crippen molar-refractivity contribution in [1.82, 2.24) is 4.98 Å². The summed E-state index contributed by atoms with van der Waals surface area (Å²) in [6, 6.07) is 13.4. The molecule has 0 atom stereocenters. The zero-order valence-corrected chi connectivity index (χ0v) is 16.4. The van der Waals surface area contributed by atoms with Gasteiger partial charge in [-0.05, 0) is 30.2 Å². The van der Waals surface area contributed by atoms with Crippen molar-refractivity contribution in [2.24, 2.45) is 0 Å². The maximum atomic E-state index is 12.1. The van der Waals surface area contributed by atoms with Gasteiger partial charge in [0.25, 0.3) is 0 Å². The number of para-hydroxylation sites is 1. The smallest absolute Gasteiger partial charge is 0.245 e. The fourth-order valence-corrected chi connectivity index (χ4v) is 3.67. The molecule has 7 heteroatoms. The van der Waals surface area contributed by atoms with E-state index in [4.69, 9.17) is 23.2 Å². The lowest BCUT2D eigenvalue weighted by Gasteiger charge is -2.08. The van der Waals surface area contributed by atoms with Gasteiger partial charge in [-0.15, -0.1) is 11.3 Å². The second kappa shape index (κ2) is 8.54. The molecule has 0 saturated carbocycles. The Hall–Kier alpha value is -2.08. The molecule has 3 rings (SSSR count). The van der Waals surface area contributed by atoms with Gasteiger partial charge in [-0.25, -0.2) is 4.98 Å². The van der Waals surface area contributed by atoms with Gasteiger partial charge in [-0.3, -0.25) is 4.79 Å². The normalized spacial score (nSPS) is 10.6. The molecule has 26 heavy (non-hydrogen) atoms. The lowest BCUT2D eigenvalue weighted by molar-refractivity contribution is -0.114. The van der Waals surface area contributed by atoms with Crippen molar-refractivity contribution in [2.45, 2.75) is 13.3 Å². The average molecular weight is 406 g/mol. The molecule has 134 valence electrons. The Bertz CT molecular complexity index is 927. The van der Waals surface area contributed by atoms with Crippen molar-refractivity contribution in [3.8, 4) is 0 Å². The van der Waals surface area contributed by atoms with Gasteiger partial charge in [0, 0.05) is 23.2 Å². The van der Waals surface area contributed by atoms with E-state index in [1.165, 1.54) is 11.3 Å². The van der Waals surface area contributed by atoms with Crippen LogP contribution in [0, 0.1) is 6.92 Å². The molecule has 0 unspecified atom stereocenters. The van der Waals surface area contributed by atoms with Crippen LogP contribution in [0.5, 0.6) is 0 Å². The Labute approximate surface area is 166 Å². The lowest BCUT2D eigenvalue weighted by Crippen LogP contribution is -2.21. The second-order valence-corrected chi connectivity index (χ2v) is 7.64. The Morgan fingerprint density at radius 1 is 1.15 bits per heavy atom. The number of rotatable bonds is 6. The van der Waals surface area contributed by atoms with Gasteiger partial charge in [0.1, 0.15) is 0 Å². The number of thiazole rings is 1. The van der Waals surface area contributed by atoms with Crippen molar-refractivity contribution in [2.75, 3.05) is 17.2 Å². The highest BCUT2D eigenvalue weighted by Gasteiger charge is 2.10. The summed E-state index contributed by atoms with van der Waals surface area (Å²) >= 11 is 13.7. The Morgan fingerprint density at radius 2 is 1.96 bits per heavy atom. The van der Waals surface area contributed by atoms with Crippen LogP contribution in [0.2, 0.25) is 10.0 Å². The SMILES string of the molecule is Cc1ccccc1NCC(=O)Nc1ncc(Cc2cccc(Cl)c2Cl)s1. The van der Waals surface area contributed by atoms with Crippen LogP contribution in [-0.2, 0) is 11.2 Å². The van der Waals surface area contributed by atoms with E-state index in [9.17, 15) is 4.79 Å². The maximum Gasteiger partial charge on any atom is 0.245 e. The number of carbonyl (C=O) groups excluding carboxylic acids is 1. The van der Waals surface area contributed by atoms with Crippen molar-refractivity contribution < 1.29 is 4.79 Å². The van der Waals surface area contributed by atoms with Crippen molar-refractivity contribution in [3.63, 3.8) is 0 Å². The molecule has 1 aromatic heterocycles. The summed E-state index contributed by atoms with van der Waals surface area (Å²) in [5, 5.41) is 7.58. The number of carbonyl (C=O) groups is 1. The highest BCUT2D eigenvalue weighted by atomic mass is 35.5. The van der Waals surface area contributed by atoms with E-state index in [0.29, 0.717) is 21.6 Å². The summed E-state index contributed by atoms with van der Waals surface area (Å²) < 4.78 is 0. The molecule has 0 radical (unpaired) electrons. The number of aryl methyl sites for hydroxylation is 1. The standard InChI is InChI=1S/C19H17Cl2N3OS/c1-12-5-2-3-8-16(12)22-11-17(25)24-19-23-10-14(26-19)9-13-6-4-7-15(20)18(13)21/h2-8,10,22H,9,11H2,1H3,(H,23,24,25). The monoisotopic (exact) mass is 405 g/mol. The van der Waals surface area contributed by atoms with E-state index < -0.39 is 0 Å². The summed E-state index contributed by atoms with van der Waals surface area (Å²) in [6.45, 7) is 2.17. The van der Waals surface area contributed by atoms with E-state index in [-0.39, 0.29) is 12.5 Å². The molecule has 2 N–H and O–H groups in total. The fraction of sp³-hybridized carbons (Fsp3) is 0.158. The number of nitrogens with zero attached hydrogens (tertiary/aromatic N) is 1. The van der Waals surface area contributed by atoms with Crippen LogP contribution in [-0.4, -0.2) is 17.4 Å². The van der Waals surface area contributed by atoms with Crippen LogP contribution in [0.4, 0.5) is 10.8 Å². The van der Waals surface area contributed by atoms with Crippen LogP contribution in [0.15, 0.2) is 48.7 Å². The summed E-state index contributed by atoms with van der Waals surface area (Å²) in [5.74, 6) is -0.144. The Kier molecular flexibility index (Phi) is 6.14. The van der Waals surface area contributed by atoms with Gasteiger partial charge < -0.3 is 10.6 Å². The molecule has 0 aliphatic rings. The van der Waals surface area contributed by atoms with Gasteiger partial charge in [0.15, 0.2) is 5.13 Å². The third-order valence-corrected chi connectivity index (χ3v) is 5.55. The number of amides is 1. The zero-order valence-electron chi connectivity index (χ0n) is 14.1. The first-order valence-corrected chi connectivity index (χ1v) is 9.57.